The molecule has 4 N–H and O–H groups in total. The van der Waals surface area contributed by atoms with Crippen LogP contribution < -0.4 is 16.4 Å². The first-order valence-electron chi connectivity index (χ1n) is 6.79. The zero-order valence-corrected chi connectivity index (χ0v) is 13.0. The van der Waals surface area contributed by atoms with Crippen LogP contribution in [0.1, 0.15) is 27.0 Å². The third kappa shape index (κ3) is 2.94. The van der Waals surface area contributed by atoms with Crippen LogP contribution >= 0.6 is 15.9 Å². The van der Waals surface area contributed by atoms with E-state index in [1.165, 1.54) is 16.7 Å². The van der Waals surface area contributed by atoms with Gasteiger partial charge in [-0.1, -0.05) is 24.3 Å². The van der Waals surface area contributed by atoms with Crippen LogP contribution in [0.2, 0.25) is 0 Å². The zero-order chi connectivity index (χ0) is 14.8. The molecular weight excluding hydrogens is 330 g/mol. The number of nitrogens with one attached hydrogen (secondary N) is 2. The van der Waals surface area contributed by atoms with Crippen molar-refractivity contribution >= 4 is 27.5 Å². The second-order valence-electron chi connectivity index (χ2n) is 5.09. The lowest BCUT2D eigenvalue weighted by atomic mass is 10.1. The van der Waals surface area contributed by atoms with E-state index in [-0.39, 0.29) is 0 Å². The van der Waals surface area contributed by atoms with Gasteiger partial charge >= 0.3 is 0 Å². The Labute approximate surface area is 131 Å². The number of anilines is 1. The van der Waals surface area contributed by atoms with Crippen molar-refractivity contribution < 1.29 is 4.79 Å². The Kier molecular flexibility index (Phi) is 3.94. The summed E-state index contributed by atoms with van der Waals surface area (Å²) in [6.45, 7) is 2.52. The van der Waals surface area contributed by atoms with Gasteiger partial charge in [0.2, 0.25) is 0 Å². The van der Waals surface area contributed by atoms with Crippen LogP contribution in [0.15, 0.2) is 40.9 Å². The molecule has 1 amide bonds. The number of nitrogens with two attached hydrogens (primary N) is 1. The summed E-state index contributed by atoms with van der Waals surface area (Å²) in [6.07, 6.45) is 0. The van der Waals surface area contributed by atoms with Crippen molar-refractivity contribution in [1.29, 1.82) is 0 Å². The smallest absolute Gasteiger partial charge is 0.251 e. The van der Waals surface area contributed by atoms with Crippen molar-refractivity contribution in [1.82, 2.24) is 5.32 Å². The predicted molar refractivity (Wildman–Crippen MR) is 87.0 cm³/mol. The zero-order valence-electron chi connectivity index (χ0n) is 11.4. The first kappa shape index (κ1) is 14.1. The largest absolute Gasteiger partial charge is 0.380 e. The highest BCUT2D eigenvalue weighted by molar-refractivity contribution is 9.10. The van der Waals surface area contributed by atoms with Crippen LogP contribution in [0.25, 0.3) is 0 Å². The third-order valence-electron chi connectivity index (χ3n) is 3.64. The predicted octanol–water partition coefficient (Wildman–Crippen LogP) is 2.76. The fourth-order valence-electron chi connectivity index (χ4n) is 2.58. The van der Waals surface area contributed by atoms with E-state index in [9.17, 15) is 4.79 Å². The maximum atomic E-state index is 11.6. The summed E-state index contributed by atoms with van der Waals surface area (Å²) >= 11 is 3.37. The van der Waals surface area contributed by atoms with E-state index in [1.54, 1.807) is 0 Å². The molecule has 4 nitrogen and oxygen atoms in total. The normalized spacial score (nSPS) is 13.0. The van der Waals surface area contributed by atoms with Crippen LogP contribution in [-0.4, -0.2) is 5.91 Å². The van der Waals surface area contributed by atoms with Crippen LogP contribution in [0, 0.1) is 0 Å². The van der Waals surface area contributed by atoms with Gasteiger partial charge in [-0.15, -0.1) is 0 Å². The van der Waals surface area contributed by atoms with Gasteiger partial charge in [0.1, 0.15) is 0 Å². The van der Waals surface area contributed by atoms with E-state index in [0.29, 0.717) is 16.6 Å². The SMILES string of the molecule is NC(=O)c1c(Br)cccc1NCc1ccc2c(c1)CNC2. The average Bonchev–Trinajstić information content (AvgIpc) is 2.92. The summed E-state index contributed by atoms with van der Waals surface area (Å²) in [7, 11) is 0. The Morgan fingerprint density at radius 3 is 2.86 bits per heavy atom. The summed E-state index contributed by atoms with van der Waals surface area (Å²) < 4.78 is 0.707. The van der Waals surface area contributed by atoms with Crippen molar-refractivity contribution in [3.8, 4) is 0 Å². The van der Waals surface area contributed by atoms with Crippen LogP contribution in [-0.2, 0) is 19.6 Å². The average molecular weight is 346 g/mol. The lowest BCUT2D eigenvalue weighted by Gasteiger charge is -2.12. The lowest BCUT2D eigenvalue weighted by Crippen LogP contribution is -2.15. The van der Waals surface area contributed by atoms with Gasteiger partial charge in [0.15, 0.2) is 0 Å². The van der Waals surface area contributed by atoms with Crippen LogP contribution in [0.4, 0.5) is 5.69 Å². The molecule has 1 heterocycles. The topological polar surface area (TPSA) is 67.2 Å². The van der Waals surface area contributed by atoms with Gasteiger partial charge in [-0.25, -0.2) is 0 Å². The number of carbonyl (C=O) groups is 1. The molecule has 0 radical (unpaired) electrons. The maximum absolute atomic E-state index is 11.6. The second kappa shape index (κ2) is 5.87. The minimum atomic E-state index is -0.442. The molecule has 1 aliphatic heterocycles. The first-order valence-corrected chi connectivity index (χ1v) is 7.58. The molecule has 21 heavy (non-hydrogen) atoms. The third-order valence-corrected chi connectivity index (χ3v) is 4.31. The number of amides is 1. The number of carbonyl (C=O) groups excluding carboxylic acids is 1. The molecule has 3 rings (SSSR count). The molecule has 2 aromatic carbocycles. The molecule has 0 spiro atoms. The summed E-state index contributed by atoms with van der Waals surface area (Å²) in [5.41, 5.74) is 10.6. The van der Waals surface area contributed by atoms with Crippen molar-refractivity contribution in [3.63, 3.8) is 0 Å². The standard InChI is InChI=1S/C16H16BrN3O/c17-13-2-1-3-14(15(13)16(18)21)20-7-10-4-5-11-8-19-9-12(11)6-10/h1-6,19-20H,7-9H2,(H2,18,21). The second-order valence-corrected chi connectivity index (χ2v) is 5.94. The Morgan fingerprint density at radius 2 is 2.05 bits per heavy atom. The lowest BCUT2D eigenvalue weighted by molar-refractivity contribution is 0.100. The number of hydrogen-bond donors (Lipinski definition) is 3. The molecule has 0 saturated heterocycles. The quantitative estimate of drug-likeness (QED) is 0.798. The van der Waals surface area contributed by atoms with Crippen LogP contribution in [0.5, 0.6) is 0 Å². The maximum Gasteiger partial charge on any atom is 0.251 e. The van der Waals surface area contributed by atoms with E-state index in [0.717, 1.165) is 18.8 Å². The Balaban J connectivity index is 1.79. The molecular formula is C16H16BrN3O. The summed E-state index contributed by atoms with van der Waals surface area (Å²) in [5.74, 6) is -0.442. The fraction of sp³-hybridized carbons (Fsp3) is 0.188. The number of hydrogen-bond acceptors (Lipinski definition) is 3. The van der Waals surface area contributed by atoms with Gasteiger partial charge in [-0.3, -0.25) is 4.79 Å². The Morgan fingerprint density at radius 1 is 1.24 bits per heavy atom. The van der Waals surface area contributed by atoms with Crippen molar-refractivity contribution in [2.24, 2.45) is 5.73 Å². The molecule has 2 aromatic rings. The molecule has 0 atom stereocenters. The number of rotatable bonds is 4. The molecule has 0 unspecified atom stereocenters. The number of benzene rings is 2. The molecule has 1 aliphatic rings. The summed E-state index contributed by atoms with van der Waals surface area (Å²) in [4.78, 5) is 11.6. The van der Waals surface area contributed by atoms with Gasteiger partial charge in [-0.05, 0) is 44.8 Å². The molecule has 0 saturated carbocycles. The van der Waals surface area contributed by atoms with E-state index in [2.05, 4.69) is 44.8 Å². The molecule has 0 aliphatic carbocycles. The minimum absolute atomic E-state index is 0.442. The number of fused-ring (bicyclic) bond motifs is 1. The van der Waals surface area contributed by atoms with Gasteiger partial charge in [0.05, 0.1) is 5.56 Å². The monoisotopic (exact) mass is 345 g/mol. The molecule has 0 aromatic heterocycles. The van der Waals surface area contributed by atoms with Crippen molar-refractivity contribution in [2.75, 3.05) is 5.32 Å². The highest BCUT2D eigenvalue weighted by Crippen LogP contribution is 2.25. The van der Waals surface area contributed by atoms with E-state index >= 15 is 0 Å². The molecule has 5 heteroatoms. The van der Waals surface area contributed by atoms with Gasteiger partial charge in [0, 0.05) is 29.8 Å². The summed E-state index contributed by atoms with van der Waals surface area (Å²) in [5, 5.41) is 6.62. The Hall–Kier alpha value is -1.85. The van der Waals surface area contributed by atoms with E-state index in [4.69, 9.17) is 5.73 Å². The Bertz CT molecular complexity index is 700. The first-order chi connectivity index (χ1) is 10.1. The summed E-state index contributed by atoms with van der Waals surface area (Å²) in [6, 6.07) is 12.0. The van der Waals surface area contributed by atoms with Gasteiger partial charge in [-0.2, -0.15) is 0 Å². The van der Waals surface area contributed by atoms with Gasteiger partial charge in [0.25, 0.3) is 5.91 Å². The van der Waals surface area contributed by atoms with Crippen molar-refractivity contribution in [2.45, 2.75) is 19.6 Å². The molecule has 0 bridgehead atoms. The number of halogens is 1. The number of primary amides is 1. The van der Waals surface area contributed by atoms with E-state index in [1.807, 2.05) is 18.2 Å². The molecule has 0 fully saturated rings. The van der Waals surface area contributed by atoms with Gasteiger partial charge < -0.3 is 16.4 Å². The highest BCUT2D eigenvalue weighted by Gasteiger charge is 2.13. The van der Waals surface area contributed by atoms with Crippen molar-refractivity contribution in [3.05, 3.63) is 63.1 Å². The molecule has 108 valence electrons. The highest BCUT2D eigenvalue weighted by atomic mass is 79.9. The minimum Gasteiger partial charge on any atom is -0.380 e. The van der Waals surface area contributed by atoms with E-state index < -0.39 is 5.91 Å². The fourth-order valence-corrected chi connectivity index (χ4v) is 3.14. The van der Waals surface area contributed by atoms with Crippen LogP contribution in [0.3, 0.4) is 0 Å².